The molecule has 2 saturated heterocycles. The van der Waals surface area contributed by atoms with E-state index in [1.54, 1.807) is 4.90 Å². The van der Waals surface area contributed by atoms with E-state index in [1.807, 2.05) is 52.0 Å². The second kappa shape index (κ2) is 10.0. The van der Waals surface area contributed by atoms with E-state index in [2.05, 4.69) is 22.8 Å². The summed E-state index contributed by atoms with van der Waals surface area (Å²) in [5.74, 6) is -1.52. The molecule has 2 aliphatic carbocycles. The van der Waals surface area contributed by atoms with Crippen LogP contribution in [0.15, 0.2) is 36.4 Å². The third kappa shape index (κ3) is 4.58. The number of amides is 3. The summed E-state index contributed by atoms with van der Waals surface area (Å²) in [6.07, 6.45) is 15.3. The number of benzene rings is 1. The number of anilines is 1. The highest BCUT2D eigenvalue weighted by molar-refractivity contribution is 6.10. The van der Waals surface area contributed by atoms with Crippen LogP contribution >= 0.6 is 0 Å². The van der Waals surface area contributed by atoms with Gasteiger partial charge in [0.1, 0.15) is 11.6 Å². The van der Waals surface area contributed by atoms with Crippen LogP contribution in [0.3, 0.4) is 0 Å². The fraction of sp³-hybridized carbons (Fsp3) is 0.667. The Morgan fingerprint density at radius 1 is 0.900 bits per heavy atom. The molecule has 5 unspecified atom stereocenters. The van der Waals surface area contributed by atoms with Crippen LogP contribution in [0.1, 0.15) is 103 Å². The quantitative estimate of drug-likeness (QED) is 0.500. The SMILES string of the molecule is CC(C)(C)NC(=O)C1N(c2ccc(C3CCCCC3)cc2)C(=O)C2C(C(=O)NC3CCCCC3)C3(C)C=CC21O3. The number of carbonyl (C=O) groups excluding carboxylic acids is 3. The van der Waals surface area contributed by atoms with E-state index in [-0.39, 0.29) is 23.8 Å². The van der Waals surface area contributed by atoms with Crippen molar-refractivity contribution in [2.24, 2.45) is 11.8 Å². The van der Waals surface area contributed by atoms with Crippen LogP contribution < -0.4 is 15.5 Å². The van der Waals surface area contributed by atoms with Gasteiger partial charge in [-0.2, -0.15) is 0 Å². The Bertz CT molecular complexity index is 1190. The van der Waals surface area contributed by atoms with Gasteiger partial charge in [-0.05, 0) is 77.0 Å². The molecule has 5 aliphatic rings. The van der Waals surface area contributed by atoms with Crippen LogP contribution in [0, 0.1) is 11.8 Å². The Labute approximate surface area is 238 Å². The van der Waals surface area contributed by atoms with Crippen LogP contribution in [0.2, 0.25) is 0 Å². The molecule has 0 aromatic heterocycles. The first-order chi connectivity index (χ1) is 19.0. The minimum atomic E-state index is -1.20. The zero-order valence-corrected chi connectivity index (χ0v) is 24.5. The highest BCUT2D eigenvalue weighted by Gasteiger charge is 2.76. The molecule has 6 rings (SSSR count). The van der Waals surface area contributed by atoms with Gasteiger partial charge in [-0.1, -0.05) is 62.8 Å². The fourth-order valence-electron chi connectivity index (χ4n) is 8.13. The van der Waals surface area contributed by atoms with Gasteiger partial charge in [0.2, 0.25) is 17.7 Å². The minimum Gasteiger partial charge on any atom is -0.356 e. The Morgan fingerprint density at radius 3 is 2.15 bits per heavy atom. The average Bonchev–Trinajstić information content (AvgIpc) is 3.49. The molecular formula is C33H45N3O4. The molecule has 40 heavy (non-hydrogen) atoms. The van der Waals surface area contributed by atoms with Gasteiger partial charge < -0.3 is 15.4 Å². The largest absolute Gasteiger partial charge is 0.356 e. The molecule has 2 bridgehead atoms. The van der Waals surface area contributed by atoms with E-state index in [0.29, 0.717) is 11.6 Å². The smallest absolute Gasteiger partial charge is 0.246 e. The van der Waals surface area contributed by atoms with Crippen molar-refractivity contribution in [2.45, 2.75) is 127 Å². The maximum absolute atomic E-state index is 14.4. The number of hydrogen-bond acceptors (Lipinski definition) is 4. The Kier molecular flexibility index (Phi) is 6.88. The molecule has 2 saturated carbocycles. The van der Waals surface area contributed by atoms with Crippen LogP contribution in [0.25, 0.3) is 0 Å². The molecule has 216 valence electrons. The van der Waals surface area contributed by atoms with Crippen molar-refractivity contribution in [3.8, 4) is 0 Å². The molecule has 1 aromatic carbocycles. The molecule has 3 aliphatic heterocycles. The van der Waals surface area contributed by atoms with Crippen LogP contribution in [-0.2, 0) is 19.1 Å². The summed E-state index contributed by atoms with van der Waals surface area (Å²) < 4.78 is 6.69. The normalized spacial score (nSPS) is 34.2. The monoisotopic (exact) mass is 547 g/mol. The lowest BCUT2D eigenvalue weighted by molar-refractivity contribution is -0.135. The van der Waals surface area contributed by atoms with Gasteiger partial charge in [-0.25, -0.2) is 0 Å². The first-order valence-electron chi connectivity index (χ1n) is 15.5. The Hall–Kier alpha value is -2.67. The van der Waals surface area contributed by atoms with E-state index in [9.17, 15) is 14.4 Å². The molecule has 0 radical (unpaired) electrons. The topological polar surface area (TPSA) is 87.7 Å². The van der Waals surface area contributed by atoms with Gasteiger partial charge in [0.05, 0.1) is 17.4 Å². The predicted octanol–water partition coefficient (Wildman–Crippen LogP) is 5.14. The van der Waals surface area contributed by atoms with Gasteiger partial charge in [-0.3, -0.25) is 19.3 Å². The van der Waals surface area contributed by atoms with E-state index in [4.69, 9.17) is 4.74 Å². The summed E-state index contributed by atoms with van der Waals surface area (Å²) in [5.41, 5.74) is -0.653. The van der Waals surface area contributed by atoms with Crippen molar-refractivity contribution in [3.63, 3.8) is 0 Å². The molecule has 2 N–H and O–H groups in total. The van der Waals surface area contributed by atoms with E-state index in [1.165, 1.54) is 44.1 Å². The number of ether oxygens (including phenoxy) is 1. The van der Waals surface area contributed by atoms with Gasteiger partial charge in [0.25, 0.3) is 0 Å². The lowest BCUT2D eigenvalue weighted by atomic mass is 9.70. The molecule has 7 heteroatoms. The summed E-state index contributed by atoms with van der Waals surface area (Å²) >= 11 is 0. The second-order valence-corrected chi connectivity index (χ2v) is 14.0. The van der Waals surface area contributed by atoms with Crippen LogP contribution in [-0.4, -0.2) is 46.5 Å². The van der Waals surface area contributed by atoms with E-state index >= 15 is 0 Å². The lowest BCUT2D eigenvalue weighted by Crippen LogP contribution is -2.58. The Morgan fingerprint density at radius 2 is 1.52 bits per heavy atom. The molecular weight excluding hydrogens is 502 g/mol. The van der Waals surface area contributed by atoms with Crippen molar-refractivity contribution < 1.29 is 19.1 Å². The van der Waals surface area contributed by atoms with Gasteiger partial charge in [0, 0.05) is 17.3 Å². The highest BCUT2D eigenvalue weighted by atomic mass is 16.5. The summed E-state index contributed by atoms with van der Waals surface area (Å²) in [6.45, 7) is 7.69. The number of rotatable bonds is 5. The molecule has 3 heterocycles. The number of nitrogens with zero attached hydrogens (tertiary/aromatic N) is 1. The molecule has 5 atom stereocenters. The second-order valence-electron chi connectivity index (χ2n) is 14.0. The summed E-state index contributed by atoms with van der Waals surface area (Å²) in [7, 11) is 0. The zero-order valence-electron chi connectivity index (χ0n) is 24.5. The third-order valence-electron chi connectivity index (χ3n) is 9.93. The van der Waals surface area contributed by atoms with Gasteiger partial charge >= 0.3 is 0 Å². The van der Waals surface area contributed by atoms with Crippen molar-refractivity contribution >= 4 is 23.4 Å². The lowest BCUT2D eigenvalue weighted by Gasteiger charge is -2.35. The molecule has 7 nitrogen and oxygen atoms in total. The number of hydrogen-bond donors (Lipinski definition) is 2. The van der Waals surface area contributed by atoms with Crippen molar-refractivity contribution in [1.82, 2.24) is 10.6 Å². The maximum Gasteiger partial charge on any atom is 0.246 e. The third-order valence-corrected chi connectivity index (χ3v) is 9.93. The van der Waals surface area contributed by atoms with E-state index < -0.39 is 34.6 Å². The number of fused-ring (bicyclic) bond motifs is 1. The van der Waals surface area contributed by atoms with Crippen molar-refractivity contribution in [3.05, 3.63) is 42.0 Å². The number of carbonyl (C=O) groups is 3. The van der Waals surface area contributed by atoms with Crippen molar-refractivity contribution in [2.75, 3.05) is 4.90 Å². The van der Waals surface area contributed by atoms with Crippen LogP contribution in [0.5, 0.6) is 0 Å². The molecule has 1 aromatic rings. The minimum absolute atomic E-state index is 0.129. The van der Waals surface area contributed by atoms with Gasteiger partial charge in [0.15, 0.2) is 0 Å². The Balaban J connectivity index is 1.36. The molecule has 4 fully saturated rings. The predicted molar refractivity (Wildman–Crippen MR) is 155 cm³/mol. The maximum atomic E-state index is 14.4. The summed E-state index contributed by atoms with van der Waals surface area (Å²) in [5, 5.41) is 6.37. The van der Waals surface area contributed by atoms with Crippen molar-refractivity contribution in [1.29, 1.82) is 0 Å². The molecule has 3 amide bonds. The molecule has 1 spiro atoms. The standard InChI is InChI=1S/C33H45N3O4/c1-31(2,3)35-29(38)27-33-20-19-32(4,40-33)25(28(37)34-23-13-9-6-10-14-23)26(33)30(39)36(27)24-17-15-22(16-18-24)21-11-7-5-8-12-21/h15-21,23,25-27H,5-14H2,1-4H3,(H,34,37)(H,35,38). The summed E-state index contributed by atoms with van der Waals surface area (Å²) in [6, 6.07) is 7.41. The summed E-state index contributed by atoms with van der Waals surface area (Å²) in [4.78, 5) is 43.9. The zero-order chi connectivity index (χ0) is 28.3. The number of nitrogens with one attached hydrogen (secondary N) is 2. The first-order valence-corrected chi connectivity index (χ1v) is 15.5. The fourth-order valence-corrected chi connectivity index (χ4v) is 8.13. The first kappa shape index (κ1) is 27.5. The highest BCUT2D eigenvalue weighted by Crippen LogP contribution is 2.60. The van der Waals surface area contributed by atoms with E-state index in [0.717, 1.165) is 25.7 Å². The van der Waals surface area contributed by atoms with Gasteiger partial charge in [-0.15, -0.1) is 0 Å². The average molecular weight is 548 g/mol. The van der Waals surface area contributed by atoms with Crippen LogP contribution in [0.4, 0.5) is 5.69 Å².